The molecule has 3 aromatic rings. The Labute approximate surface area is 193 Å². The number of benzene rings is 2. The van der Waals surface area contributed by atoms with Gasteiger partial charge in [0.2, 0.25) is 0 Å². The van der Waals surface area contributed by atoms with Gasteiger partial charge < -0.3 is 15.1 Å². The number of nitrogens with one attached hydrogen (secondary N) is 1. The first-order valence-electron chi connectivity index (χ1n) is 9.86. The molecule has 2 aromatic carbocycles. The standard InChI is InChI=1S/C22H19ClN4O4S/c23-17-14-15(24-21(28)16-4-1-2-5-18(16)27(30)31)7-8-19(17)25-9-11-26(12-10-25)22(29)20-6-3-13-32-20/h1-8,13-14H,9-12H2,(H,24,28). The van der Waals surface area contributed by atoms with E-state index in [0.717, 1.165) is 10.6 Å². The highest BCUT2D eigenvalue weighted by molar-refractivity contribution is 7.12. The van der Waals surface area contributed by atoms with Crippen LogP contribution in [-0.4, -0.2) is 47.8 Å². The highest BCUT2D eigenvalue weighted by Crippen LogP contribution is 2.30. The Morgan fingerprint density at radius 2 is 1.78 bits per heavy atom. The zero-order valence-electron chi connectivity index (χ0n) is 16.9. The van der Waals surface area contributed by atoms with E-state index < -0.39 is 10.8 Å². The first-order valence-corrected chi connectivity index (χ1v) is 11.1. The normalized spacial score (nSPS) is 13.7. The Balaban J connectivity index is 1.41. The van der Waals surface area contributed by atoms with E-state index in [1.165, 1.54) is 29.5 Å². The number of nitrogens with zero attached hydrogens (tertiary/aromatic N) is 3. The van der Waals surface area contributed by atoms with Crippen LogP contribution < -0.4 is 10.2 Å². The summed E-state index contributed by atoms with van der Waals surface area (Å²) in [7, 11) is 0. The van der Waals surface area contributed by atoms with Gasteiger partial charge in [0.1, 0.15) is 5.56 Å². The monoisotopic (exact) mass is 470 g/mol. The number of para-hydroxylation sites is 1. The lowest BCUT2D eigenvalue weighted by atomic mass is 10.1. The van der Waals surface area contributed by atoms with Crippen LogP contribution >= 0.6 is 22.9 Å². The van der Waals surface area contributed by atoms with Gasteiger partial charge in [-0.2, -0.15) is 0 Å². The van der Waals surface area contributed by atoms with Crippen LogP contribution in [0.5, 0.6) is 0 Å². The predicted molar refractivity (Wildman–Crippen MR) is 125 cm³/mol. The van der Waals surface area contributed by atoms with E-state index in [9.17, 15) is 19.7 Å². The van der Waals surface area contributed by atoms with Crippen LogP contribution in [0.15, 0.2) is 60.0 Å². The van der Waals surface area contributed by atoms with Crippen molar-refractivity contribution >= 4 is 51.8 Å². The Bertz CT molecular complexity index is 1160. The van der Waals surface area contributed by atoms with E-state index in [1.807, 2.05) is 22.4 Å². The third kappa shape index (κ3) is 4.58. The van der Waals surface area contributed by atoms with Crippen LogP contribution in [0.4, 0.5) is 17.1 Å². The summed E-state index contributed by atoms with van der Waals surface area (Å²) in [4.78, 5) is 40.3. The second-order valence-corrected chi connectivity index (χ2v) is 8.51. The van der Waals surface area contributed by atoms with Crippen LogP contribution in [0.3, 0.4) is 0 Å². The summed E-state index contributed by atoms with van der Waals surface area (Å²) in [6.45, 7) is 2.45. The number of amides is 2. The molecule has 164 valence electrons. The van der Waals surface area contributed by atoms with E-state index in [4.69, 9.17) is 11.6 Å². The van der Waals surface area contributed by atoms with Gasteiger partial charge in [-0.05, 0) is 35.7 Å². The second kappa shape index (κ2) is 9.37. The van der Waals surface area contributed by atoms with E-state index in [-0.39, 0.29) is 17.2 Å². The quantitative estimate of drug-likeness (QED) is 0.436. The average Bonchev–Trinajstić information content (AvgIpc) is 3.34. The van der Waals surface area contributed by atoms with Crippen LogP contribution in [-0.2, 0) is 0 Å². The molecule has 32 heavy (non-hydrogen) atoms. The van der Waals surface area contributed by atoms with Gasteiger partial charge in [0.05, 0.1) is 20.5 Å². The van der Waals surface area contributed by atoms with Gasteiger partial charge in [-0.3, -0.25) is 19.7 Å². The molecule has 1 N–H and O–H groups in total. The number of rotatable bonds is 5. The Morgan fingerprint density at radius 1 is 1.03 bits per heavy atom. The maximum absolute atomic E-state index is 12.5. The SMILES string of the molecule is O=C(Nc1ccc(N2CCN(C(=O)c3cccs3)CC2)c(Cl)c1)c1ccccc1[N+](=O)[O-]. The van der Waals surface area contributed by atoms with Crippen LogP contribution in [0.25, 0.3) is 0 Å². The van der Waals surface area contributed by atoms with Crippen LogP contribution in [0, 0.1) is 10.1 Å². The van der Waals surface area contributed by atoms with Gasteiger partial charge in [0.25, 0.3) is 17.5 Å². The number of anilines is 2. The minimum absolute atomic E-state index is 0.0239. The van der Waals surface area contributed by atoms with Crippen molar-refractivity contribution in [2.45, 2.75) is 0 Å². The van der Waals surface area contributed by atoms with Gasteiger partial charge >= 0.3 is 0 Å². The molecule has 1 fully saturated rings. The number of halogens is 1. The molecule has 0 aliphatic carbocycles. The molecule has 0 unspecified atom stereocenters. The smallest absolute Gasteiger partial charge is 0.282 e. The van der Waals surface area contributed by atoms with Crippen molar-refractivity contribution in [2.24, 2.45) is 0 Å². The van der Waals surface area contributed by atoms with Crippen molar-refractivity contribution < 1.29 is 14.5 Å². The van der Waals surface area contributed by atoms with Gasteiger partial charge in [-0.15, -0.1) is 11.3 Å². The number of thiophene rings is 1. The van der Waals surface area contributed by atoms with Gasteiger partial charge in [-0.1, -0.05) is 29.8 Å². The first kappa shape index (κ1) is 21.8. The lowest BCUT2D eigenvalue weighted by Crippen LogP contribution is -2.48. The minimum atomic E-state index is -0.589. The fraction of sp³-hybridized carbons (Fsp3) is 0.182. The number of piperazine rings is 1. The van der Waals surface area contributed by atoms with Gasteiger partial charge in [-0.25, -0.2) is 0 Å². The molecular formula is C22H19ClN4O4S. The number of nitro benzene ring substituents is 1. The molecule has 2 heterocycles. The number of hydrogen-bond acceptors (Lipinski definition) is 6. The summed E-state index contributed by atoms with van der Waals surface area (Å²) in [6.07, 6.45) is 0. The molecule has 1 aliphatic rings. The Kier molecular flexibility index (Phi) is 6.38. The third-order valence-electron chi connectivity index (χ3n) is 5.19. The molecule has 1 saturated heterocycles. The molecule has 2 amide bonds. The maximum atomic E-state index is 12.5. The largest absolute Gasteiger partial charge is 0.367 e. The van der Waals surface area contributed by atoms with Crippen LogP contribution in [0.1, 0.15) is 20.0 Å². The first-order chi connectivity index (χ1) is 15.4. The zero-order chi connectivity index (χ0) is 22.7. The second-order valence-electron chi connectivity index (χ2n) is 7.15. The van der Waals surface area contributed by atoms with Crippen molar-refractivity contribution in [2.75, 3.05) is 36.4 Å². The van der Waals surface area contributed by atoms with Crippen LogP contribution in [0.2, 0.25) is 5.02 Å². The fourth-order valence-corrected chi connectivity index (χ4v) is 4.56. The van der Waals surface area contributed by atoms with E-state index in [2.05, 4.69) is 10.2 Å². The topological polar surface area (TPSA) is 95.8 Å². The number of carbonyl (C=O) groups is 2. The molecule has 0 atom stereocenters. The molecule has 4 rings (SSSR count). The summed E-state index contributed by atoms with van der Waals surface area (Å²) in [6, 6.07) is 14.6. The van der Waals surface area contributed by atoms with Crippen molar-refractivity contribution in [3.63, 3.8) is 0 Å². The lowest BCUT2D eigenvalue weighted by molar-refractivity contribution is -0.385. The summed E-state index contributed by atoms with van der Waals surface area (Å²) >= 11 is 7.91. The summed E-state index contributed by atoms with van der Waals surface area (Å²) in [5.74, 6) is -0.541. The van der Waals surface area contributed by atoms with E-state index in [1.54, 1.807) is 24.3 Å². The summed E-state index contributed by atoms with van der Waals surface area (Å²) < 4.78 is 0. The Morgan fingerprint density at radius 3 is 2.44 bits per heavy atom. The van der Waals surface area contributed by atoms with E-state index in [0.29, 0.717) is 36.9 Å². The molecule has 1 aromatic heterocycles. The molecule has 0 bridgehead atoms. The predicted octanol–water partition coefficient (Wildman–Crippen LogP) is 4.52. The van der Waals surface area contributed by atoms with Crippen molar-refractivity contribution in [3.05, 3.63) is 85.6 Å². The molecule has 8 nitrogen and oxygen atoms in total. The maximum Gasteiger partial charge on any atom is 0.282 e. The number of carbonyl (C=O) groups excluding carboxylic acids is 2. The van der Waals surface area contributed by atoms with Crippen molar-refractivity contribution in [1.29, 1.82) is 0 Å². The molecular weight excluding hydrogens is 452 g/mol. The molecule has 0 spiro atoms. The Hall–Kier alpha value is -3.43. The average molecular weight is 471 g/mol. The van der Waals surface area contributed by atoms with Gasteiger partial charge in [0, 0.05) is 37.9 Å². The van der Waals surface area contributed by atoms with Gasteiger partial charge in [0.15, 0.2) is 0 Å². The van der Waals surface area contributed by atoms with Crippen molar-refractivity contribution in [1.82, 2.24) is 4.90 Å². The highest BCUT2D eigenvalue weighted by atomic mass is 35.5. The molecule has 1 aliphatic heterocycles. The molecule has 10 heteroatoms. The number of hydrogen-bond donors (Lipinski definition) is 1. The summed E-state index contributed by atoms with van der Waals surface area (Å²) in [5.41, 5.74) is 0.957. The molecule has 0 radical (unpaired) electrons. The third-order valence-corrected chi connectivity index (χ3v) is 6.35. The fourth-order valence-electron chi connectivity index (χ4n) is 3.57. The van der Waals surface area contributed by atoms with Crippen molar-refractivity contribution in [3.8, 4) is 0 Å². The minimum Gasteiger partial charge on any atom is -0.367 e. The lowest BCUT2D eigenvalue weighted by Gasteiger charge is -2.36. The zero-order valence-corrected chi connectivity index (χ0v) is 18.4. The highest BCUT2D eigenvalue weighted by Gasteiger charge is 2.24. The molecule has 0 saturated carbocycles. The summed E-state index contributed by atoms with van der Waals surface area (Å²) in [5, 5.41) is 16.2. The van der Waals surface area contributed by atoms with E-state index >= 15 is 0 Å². The number of nitro groups is 1.